The van der Waals surface area contributed by atoms with E-state index in [-0.39, 0.29) is 11.9 Å². The molecular weight excluding hydrogens is 366 g/mol. The Kier molecular flexibility index (Phi) is 5.56. The Morgan fingerprint density at radius 1 is 1.03 bits per heavy atom. The Labute approximate surface area is 169 Å². The third-order valence-corrected chi connectivity index (χ3v) is 4.79. The second kappa shape index (κ2) is 8.60. The topological polar surface area (TPSA) is 88.1 Å². The van der Waals surface area contributed by atoms with Crippen LogP contribution in [-0.2, 0) is 13.1 Å². The third-order valence-electron chi connectivity index (χ3n) is 4.79. The Morgan fingerprint density at radius 2 is 1.79 bits per heavy atom. The Hall–Kier alpha value is -3.61. The van der Waals surface area contributed by atoms with Gasteiger partial charge in [-0.05, 0) is 48.2 Å². The van der Waals surface area contributed by atoms with Crippen molar-refractivity contribution in [3.05, 3.63) is 83.9 Å². The molecule has 7 nitrogen and oxygen atoms in total. The summed E-state index contributed by atoms with van der Waals surface area (Å²) in [5.74, 6) is -0.156. The number of imidazole rings is 1. The molecule has 2 aromatic carbocycles. The van der Waals surface area contributed by atoms with Crippen LogP contribution in [0.5, 0.6) is 0 Å². The van der Waals surface area contributed by atoms with E-state index >= 15 is 0 Å². The number of benzene rings is 2. The zero-order valence-electron chi connectivity index (χ0n) is 16.0. The lowest BCUT2D eigenvalue weighted by molar-refractivity contribution is 0.0951. The van der Waals surface area contributed by atoms with Gasteiger partial charge in [-0.15, -0.1) is 0 Å². The van der Waals surface area contributed by atoms with Crippen LogP contribution in [0.4, 0.5) is 10.5 Å². The molecule has 0 aliphatic heterocycles. The van der Waals surface area contributed by atoms with Gasteiger partial charge in [-0.2, -0.15) is 0 Å². The molecule has 1 aromatic heterocycles. The van der Waals surface area contributed by atoms with E-state index in [1.54, 1.807) is 36.8 Å². The van der Waals surface area contributed by atoms with Crippen molar-refractivity contribution in [1.29, 1.82) is 0 Å². The molecule has 0 radical (unpaired) electrons. The summed E-state index contributed by atoms with van der Waals surface area (Å²) in [6.45, 7) is 1.14. The van der Waals surface area contributed by atoms with Crippen molar-refractivity contribution in [2.24, 2.45) is 0 Å². The number of hydrogen-bond donors (Lipinski definition) is 3. The van der Waals surface area contributed by atoms with Crippen LogP contribution < -0.4 is 16.0 Å². The van der Waals surface area contributed by atoms with Crippen LogP contribution in [0.25, 0.3) is 0 Å². The van der Waals surface area contributed by atoms with Gasteiger partial charge in [0.2, 0.25) is 0 Å². The van der Waals surface area contributed by atoms with E-state index < -0.39 is 0 Å². The van der Waals surface area contributed by atoms with Gasteiger partial charge in [0, 0.05) is 42.8 Å². The second-order valence-electron chi connectivity index (χ2n) is 7.14. The zero-order chi connectivity index (χ0) is 20.1. The standard InChI is InChI=1S/C22H23N5O2/c28-21(16-5-7-19(8-6-16)25-22(29)26-20-9-10-20)24-13-17-3-1-2-4-18(17)14-27-12-11-23-15-27/h1-8,11-12,15,20H,9-10,13-14H2,(H,24,28)(H2,25,26,29). The van der Waals surface area contributed by atoms with E-state index in [0.29, 0.717) is 30.4 Å². The quantitative estimate of drug-likeness (QED) is 0.580. The van der Waals surface area contributed by atoms with Crippen LogP contribution in [0.3, 0.4) is 0 Å². The summed E-state index contributed by atoms with van der Waals surface area (Å²) < 4.78 is 1.99. The second-order valence-corrected chi connectivity index (χ2v) is 7.14. The molecule has 1 aliphatic carbocycles. The molecule has 0 spiro atoms. The molecule has 3 amide bonds. The predicted molar refractivity (Wildman–Crippen MR) is 111 cm³/mol. The SMILES string of the molecule is O=C(Nc1ccc(C(=O)NCc2ccccc2Cn2ccnc2)cc1)NC1CC1. The van der Waals surface area contributed by atoms with E-state index in [2.05, 4.69) is 27.0 Å². The number of hydrogen-bond acceptors (Lipinski definition) is 3. The van der Waals surface area contributed by atoms with Gasteiger partial charge >= 0.3 is 6.03 Å². The molecule has 0 saturated heterocycles. The number of amides is 3. The fourth-order valence-electron chi connectivity index (χ4n) is 3.02. The highest BCUT2D eigenvalue weighted by Gasteiger charge is 2.23. The van der Waals surface area contributed by atoms with Gasteiger partial charge in [-0.3, -0.25) is 4.79 Å². The molecule has 148 valence electrons. The summed E-state index contributed by atoms with van der Waals surface area (Å²) in [6, 6.07) is 15.0. The highest BCUT2D eigenvalue weighted by Crippen LogP contribution is 2.19. The lowest BCUT2D eigenvalue weighted by atomic mass is 10.1. The molecule has 4 rings (SSSR count). The van der Waals surface area contributed by atoms with Crippen molar-refractivity contribution >= 4 is 17.6 Å². The molecule has 1 heterocycles. The van der Waals surface area contributed by atoms with Crippen LogP contribution in [0.2, 0.25) is 0 Å². The Balaban J connectivity index is 1.33. The third kappa shape index (κ3) is 5.22. The summed E-state index contributed by atoms with van der Waals surface area (Å²) in [7, 11) is 0. The average Bonchev–Trinajstić information content (AvgIpc) is 3.39. The van der Waals surface area contributed by atoms with Gasteiger partial charge in [-0.25, -0.2) is 9.78 Å². The summed E-state index contributed by atoms with van der Waals surface area (Å²) in [5, 5.41) is 8.61. The molecule has 7 heteroatoms. The van der Waals surface area contributed by atoms with Crippen molar-refractivity contribution in [1.82, 2.24) is 20.2 Å². The minimum absolute atomic E-state index is 0.156. The maximum atomic E-state index is 12.5. The van der Waals surface area contributed by atoms with Crippen LogP contribution in [-0.4, -0.2) is 27.5 Å². The zero-order valence-corrected chi connectivity index (χ0v) is 16.0. The number of nitrogens with one attached hydrogen (secondary N) is 3. The van der Waals surface area contributed by atoms with Crippen LogP contribution in [0, 0.1) is 0 Å². The molecular formula is C22H23N5O2. The number of rotatable bonds is 7. The highest BCUT2D eigenvalue weighted by atomic mass is 16.2. The van der Waals surface area contributed by atoms with Gasteiger partial charge in [0.25, 0.3) is 5.91 Å². The molecule has 3 aromatic rings. The summed E-state index contributed by atoms with van der Waals surface area (Å²) in [5.41, 5.74) is 3.40. The number of carbonyl (C=O) groups is 2. The van der Waals surface area contributed by atoms with Gasteiger partial charge in [0.1, 0.15) is 0 Å². The largest absolute Gasteiger partial charge is 0.348 e. The van der Waals surface area contributed by atoms with Crippen LogP contribution in [0.15, 0.2) is 67.3 Å². The van der Waals surface area contributed by atoms with Crippen molar-refractivity contribution in [3.63, 3.8) is 0 Å². The molecule has 0 unspecified atom stereocenters. The monoisotopic (exact) mass is 389 g/mol. The lowest BCUT2D eigenvalue weighted by Gasteiger charge is -2.12. The van der Waals surface area contributed by atoms with E-state index in [4.69, 9.17) is 0 Å². The number of urea groups is 1. The van der Waals surface area contributed by atoms with Crippen molar-refractivity contribution in [2.45, 2.75) is 32.0 Å². The van der Waals surface area contributed by atoms with Crippen LogP contribution >= 0.6 is 0 Å². The Bertz CT molecular complexity index is 979. The summed E-state index contributed by atoms with van der Waals surface area (Å²) >= 11 is 0. The van der Waals surface area contributed by atoms with E-state index in [0.717, 1.165) is 24.0 Å². The average molecular weight is 389 g/mol. The van der Waals surface area contributed by atoms with E-state index in [1.165, 1.54) is 0 Å². The first kappa shape index (κ1) is 18.7. The van der Waals surface area contributed by atoms with Crippen molar-refractivity contribution < 1.29 is 9.59 Å². The first-order valence-electron chi connectivity index (χ1n) is 9.66. The van der Waals surface area contributed by atoms with Gasteiger partial charge in [0.05, 0.1) is 6.33 Å². The number of aromatic nitrogens is 2. The first-order chi connectivity index (χ1) is 14.2. The molecule has 1 saturated carbocycles. The number of carbonyl (C=O) groups excluding carboxylic acids is 2. The fraction of sp³-hybridized carbons (Fsp3) is 0.227. The first-order valence-corrected chi connectivity index (χ1v) is 9.66. The van der Waals surface area contributed by atoms with E-state index in [1.807, 2.05) is 29.0 Å². The van der Waals surface area contributed by atoms with Crippen molar-refractivity contribution in [3.8, 4) is 0 Å². The molecule has 0 bridgehead atoms. The minimum Gasteiger partial charge on any atom is -0.348 e. The molecule has 1 fully saturated rings. The predicted octanol–water partition coefficient (Wildman–Crippen LogP) is 3.15. The summed E-state index contributed by atoms with van der Waals surface area (Å²) in [6.07, 6.45) is 7.51. The fourth-order valence-corrected chi connectivity index (χ4v) is 3.02. The minimum atomic E-state index is -0.209. The van der Waals surface area contributed by atoms with Crippen LogP contribution in [0.1, 0.15) is 34.3 Å². The maximum Gasteiger partial charge on any atom is 0.319 e. The van der Waals surface area contributed by atoms with E-state index in [9.17, 15) is 9.59 Å². The highest BCUT2D eigenvalue weighted by molar-refractivity contribution is 5.95. The maximum absolute atomic E-state index is 12.5. The Morgan fingerprint density at radius 3 is 2.48 bits per heavy atom. The lowest BCUT2D eigenvalue weighted by Crippen LogP contribution is -2.30. The molecule has 1 aliphatic rings. The normalized spacial score (nSPS) is 13.0. The summed E-state index contributed by atoms with van der Waals surface area (Å²) in [4.78, 5) is 28.4. The smallest absolute Gasteiger partial charge is 0.319 e. The molecule has 29 heavy (non-hydrogen) atoms. The van der Waals surface area contributed by atoms with Gasteiger partial charge < -0.3 is 20.5 Å². The van der Waals surface area contributed by atoms with Gasteiger partial charge in [-0.1, -0.05) is 24.3 Å². The molecule has 3 N–H and O–H groups in total. The molecule has 0 atom stereocenters. The number of anilines is 1. The van der Waals surface area contributed by atoms with Crippen molar-refractivity contribution in [2.75, 3.05) is 5.32 Å². The van der Waals surface area contributed by atoms with Gasteiger partial charge in [0.15, 0.2) is 0 Å². The number of nitrogens with zero attached hydrogens (tertiary/aromatic N) is 2.